The molecule has 1 aromatic heterocycles. The second kappa shape index (κ2) is 6.12. The molecular formula is C12H14BrN3O3. The lowest BCUT2D eigenvalue weighted by atomic mass is 10.2. The first kappa shape index (κ1) is 14.0. The zero-order chi connectivity index (χ0) is 13.8. The molecule has 1 N–H and O–H groups in total. The SMILES string of the molecule is O=C(O)CN1CCN(C(=O)c2cncc(Br)c2)CC1. The summed E-state index contributed by atoms with van der Waals surface area (Å²) in [6.45, 7) is 2.27. The molecule has 0 unspecified atom stereocenters. The Morgan fingerprint density at radius 3 is 2.53 bits per heavy atom. The largest absolute Gasteiger partial charge is 0.480 e. The van der Waals surface area contributed by atoms with Gasteiger partial charge in [0.25, 0.3) is 5.91 Å². The highest BCUT2D eigenvalue weighted by molar-refractivity contribution is 9.10. The maximum atomic E-state index is 12.2. The summed E-state index contributed by atoms with van der Waals surface area (Å²) in [5.74, 6) is -0.903. The lowest BCUT2D eigenvalue weighted by Crippen LogP contribution is -2.49. The van der Waals surface area contributed by atoms with Gasteiger partial charge in [0.2, 0.25) is 0 Å². The van der Waals surface area contributed by atoms with Crippen LogP contribution in [0.3, 0.4) is 0 Å². The fourth-order valence-electron chi connectivity index (χ4n) is 2.01. The molecule has 0 spiro atoms. The molecule has 19 heavy (non-hydrogen) atoms. The second-order valence-corrected chi connectivity index (χ2v) is 5.27. The van der Waals surface area contributed by atoms with E-state index in [1.54, 1.807) is 17.2 Å². The minimum Gasteiger partial charge on any atom is -0.480 e. The fourth-order valence-corrected chi connectivity index (χ4v) is 2.38. The van der Waals surface area contributed by atoms with Crippen molar-refractivity contribution in [3.63, 3.8) is 0 Å². The van der Waals surface area contributed by atoms with Crippen molar-refractivity contribution in [1.82, 2.24) is 14.8 Å². The molecule has 1 aliphatic heterocycles. The number of carbonyl (C=O) groups is 2. The van der Waals surface area contributed by atoms with Gasteiger partial charge in [0.1, 0.15) is 0 Å². The van der Waals surface area contributed by atoms with Crippen molar-refractivity contribution in [2.45, 2.75) is 0 Å². The molecule has 1 fully saturated rings. The Labute approximate surface area is 119 Å². The Morgan fingerprint density at radius 2 is 1.95 bits per heavy atom. The van der Waals surface area contributed by atoms with E-state index in [0.717, 1.165) is 4.47 Å². The Kier molecular flexibility index (Phi) is 4.49. The lowest BCUT2D eigenvalue weighted by molar-refractivity contribution is -0.138. The predicted molar refractivity (Wildman–Crippen MR) is 71.9 cm³/mol. The van der Waals surface area contributed by atoms with E-state index in [1.807, 2.05) is 4.90 Å². The number of amides is 1. The standard InChI is InChI=1S/C12H14BrN3O3/c13-10-5-9(6-14-7-10)12(19)16-3-1-15(2-4-16)8-11(17)18/h5-7H,1-4,8H2,(H,17,18). The zero-order valence-corrected chi connectivity index (χ0v) is 11.8. The average molecular weight is 328 g/mol. The van der Waals surface area contributed by atoms with Gasteiger partial charge in [-0.3, -0.25) is 19.5 Å². The summed E-state index contributed by atoms with van der Waals surface area (Å²) < 4.78 is 0.767. The number of carboxylic acids is 1. The summed E-state index contributed by atoms with van der Waals surface area (Å²) in [6.07, 6.45) is 3.16. The van der Waals surface area contributed by atoms with Crippen molar-refractivity contribution in [2.75, 3.05) is 32.7 Å². The number of aliphatic carboxylic acids is 1. The van der Waals surface area contributed by atoms with Gasteiger partial charge in [0, 0.05) is 43.0 Å². The first-order valence-corrected chi connectivity index (χ1v) is 6.69. The normalized spacial score (nSPS) is 16.4. The van der Waals surface area contributed by atoms with Crippen LogP contribution >= 0.6 is 15.9 Å². The Bertz CT molecular complexity index is 487. The van der Waals surface area contributed by atoms with E-state index in [9.17, 15) is 9.59 Å². The highest BCUT2D eigenvalue weighted by Gasteiger charge is 2.23. The van der Waals surface area contributed by atoms with E-state index in [2.05, 4.69) is 20.9 Å². The smallest absolute Gasteiger partial charge is 0.317 e. The molecule has 0 saturated carbocycles. The number of piperazine rings is 1. The van der Waals surface area contributed by atoms with Gasteiger partial charge in [-0.1, -0.05) is 0 Å². The number of aromatic nitrogens is 1. The second-order valence-electron chi connectivity index (χ2n) is 4.35. The molecule has 0 atom stereocenters. The molecule has 6 nitrogen and oxygen atoms in total. The van der Waals surface area contributed by atoms with Gasteiger partial charge >= 0.3 is 5.97 Å². The van der Waals surface area contributed by atoms with Crippen LogP contribution in [0, 0.1) is 0 Å². The van der Waals surface area contributed by atoms with Gasteiger partial charge in [-0.15, -0.1) is 0 Å². The molecule has 2 heterocycles. The molecule has 0 radical (unpaired) electrons. The topological polar surface area (TPSA) is 73.7 Å². The summed E-state index contributed by atoms with van der Waals surface area (Å²) in [5.41, 5.74) is 0.543. The van der Waals surface area contributed by atoms with Crippen LogP contribution in [0.1, 0.15) is 10.4 Å². The van der Waals surface area contributed by atoms with Crippen LogP contribution in [-0.2, 0) is 4.79 Å². The number of nitrogens with zero attached hydrogens (tertiary/aromatic N) is 3. The number of rotatable bonds is 3. The number of hydrogen-bond donors (Lipinski definition) is 1. The van der Waals surface area contributed by atoms with Crippen LogP contribution in [0.2, 0.25) is 0 Å². The third-order valence-corrected chi connectivity index (χ3v) is 3.40. The van der Waals surface area contributed by atoms with E-state index in [4.69, 9.17) is 5.11 Å². The average Bonchev–Trinajstić information content (AvgIpc) is 2.38. The minimum absolute atomic E-state index is 0.0282. The van der Waals surface area contributed by atoms with Gasteiger partial charge in [-0.25, -0.2) is 0 Å². The molecule has 1 aromatic rings. The number of hydrogen-bond acceptors (Lipinski definition) is 4. The molecule has 0 aromatic carbocycles. The molecule has 102 valence electrons. The third kappa shape index (κ3) is 3.74. The van der Waals surface area contributed by atoms with Crippen LogP contribution < -0.4 is 0 Å². The first-order valence-electron chi connectivity index (χ1n) is 5.90. The monoisotopic (exact) mass is 327 g/mol. The minimum atomic E-state index is -0.837. The van der Waals surface area contributed by atoms with Gasteiger partial charge in [0.15, 0.2) is 0 Å². The van der Waals surface area contributed by atoms with Gasteiger partial charge in [-0.05, 0) is 22.0 Å². The maximum Gasteiger partial charge on any atom is 0.317 e. The summed E-state index contributed by atoms with van der Waals surface area (Å²) in [4.78, 5) is 30.3. The third-order valence-electron chi connectivity index (χ3n) is 2.97. The first-order chi connectivity index (χ1) is 9.06. The Hall–Kier alpha value is -1.47. The maximum absolute atomic E-state index is 12.2. The lowest BCUT2D eigenvalue weighted by Gasteiger charge is -2.33. The van der Waals surface area contributed by atoms with Crippen LogP contribution in [-0.4, -0.2) is 64.5 Å². The van der Waals surface area contributed by atoms with Gasteiger partial charge < -0.3 is 10.0 Å². The molecule has 1 amide bonds. The summed E-state index contributed by atoms with van der Waals surface area (Å²) in [7, 11) is 0. The molecule has 2 rings (SSSR count). The van der Waals surface area contributed by atoms with E-state index in [0.29, 0.717) is 31.7 Å². The zero-order valence-electron chi connectivity index (χ0n) is 10.3. The summed E-state index contributed by atoms with van der Waals surface area (Å²) in [6, 6.07) is 1.74. The number of halogens is 1. The molecule has 7 heteroatoms. The van der Waals surface area contributed by atoms with Gasteiger partial charge in [-0.2, -0.15) is 0 Å². The highest BCUT2D eigenvalue weighted by atomic mass is 79.9. The molecule has 0 bridgehead atoms. The van der Waals surface area contributed by atoms with Crippen LogP contribution in [0.5, 0.6) is 0 Å². The molecule has 1 saturated heterocycles. The summed E-state index contributed by atoms with van der Waals surface area (Å²) >= 11 is 3.28. The van der Waals surface area contributed by atoms with Crippen molar-refractivity contribution in [2.24, 2.45) is 0 Å². The van der Waals surface area contributed by atoms with Crippen LogP contribution in [0.4, 0.5) is 0 Å². The number of pyridine rings is 1. The molecular weight excluding hydrogens is 314 g/mol. The van der Waals surface area contributed by atoms with E-state index in [-0.39, 0.29) is 12.5 Å². The van der Waals surface area contributed by atoms with Crippen molar-refractivity contribution in [1.29, 1.82) is 0 Å². The van der Waals surface area contributed by atoms with Crippen molar-refractivity contribution in [3.8, 4) is 0 Å². The van der Waals surface area contributed by atoms with Crippen molar-refractivity contribution in [3.05, 3.63) is 28.5 Å². The fraction of sp³-hybridized carbons (Fsp3) is 0.417. The highest BCUT2D eigenvalue weighted by Crippen LogP contribution is 2.13. The number of carboxylic acid groups (broad SMARTS) is 1. The molecule has 0 aliphatic carbocycles. The quantitative estimate of drug-likeness (QED) is 0.884. The molecule has 1 aliphatic rings. The predicted octanol–water partition coefficient (Wildman–Crippen LogP) is 0.687. The Morgan fingerprint density at radius 1 is 1.26 bits per heavy atom. The Balaban J connectivity index is 1.94. The summed E-state index contributed by atoms with van der Waals surface area (Å²) in [5, 5.41) is 8.71. The van der Waals surface area contributed by atoms with E-state index < -0.39 is 5.97 Å². The van der Waals surface area contributed by atoms with Crippen molar-refractivity contribution >= 4 is 27.8 Å². The van der Waals surface area contributed by atoms with E-state index in [1.165, 1.54) is 6.20 Å². The van der Waals surface area contributed by atoms with E-state index >= 15 is 0 Å². The van der Waals surface area contributed by atoms with Gasteiger partial charge in [0.05, 0.1) is 12.1 Å². The van der Waals surface area contributed by atoms with Crippen molar-refractivity contribution < 1.29 is 14.7 Å². The van der Waals surface area contributed by atoms with Crippen LogP contribution in [0.25, 0.3) is 0 Å². The number of carbonyl (C=O) groups excluding carboxylic acids is 1. The van der Waals surface area contributed by atoms with Crippen LogP contribution in [0.15, 0.2) is 22.9 Å².